The summed E-state index contributed by atoms with van der Waals surface area (Å²) >= 11 is 0. The number of nitrogens with zero attached hydrogens (tertiary/aromatic N) is 1. The summed E-state index contributed by atoms with van der Waals surface area (Å²) in [7, 11) is 0. The van der Waals surface area contributed by atoms with E-state index in [-0.39, 0.29) is 30.7 Å². The molecule has 0 bridgehead atoms. The molecule has 2 heterocycles. The van der Waals surface area contributed by atoms with Crippen molar-refractivity contribution in [2.75, 3.05) is 19.6 Å². The summed E-state index contributed by atoms with van der Waals surface area (Å²) in [4.78, 5) is 16.9. The van der Waals surface area contributed by atoms with Crippen LogP contribution in [0.25, 0.3) is 10.9 Å². The Balaban J connectivity index is 0.00000121. The standard InChI is InChI=1S/C16H19N3O.2ClH/c1-11-8-14(13-4-2-3-5-15(13)19-11)16(20)18-10-12-6-7-17-9-12;;/h2-5,8,12,17H,6-7,9-10H2,1H3,(H,18,20);2*1H. The summed E-state index contributed by atoms with van der Waals surface area (Å²) in [5.41, 5.74) is 2.47. The van der Waals surface area contributed by atoms with Gasteiger partial charge in [0, 0.05) is 17.6 Å². The van der Waals surface area contributed by atoms with E-state index in [1.54, 1.807) is 0 Å². The van der Waals surface area contributed by atoms with Crippen LogP contribution in [0.1, 0.15) is 22.5 Å². The van der Waals surface area contributed by atoms with Crippen molar-refractivity contribution in [2.24, 2.45) is 5.92 Å². The van der Waals surface area contributed by atoms with Gasteiger partial charge in [-0.15, -0.1) is 24.8 Å². The van der Waals surface area contributed by atoms with E-state index in [2.05, 4.69) is 15.6 Å². The first-order chi connectivity index (χ1) is 9.74. The summed E-state index contributed by atoms with van der Waals surface area (Å²) in [6.45, 7) is 4.71. The largest absolute Gasteiger partial charge is 0.352 e. The van der Waals surface area contributed by atoms with Crippen LogP contribution in [0.5, 0.6) is 0 Å². The molecule has 120 valence electrons. The minimum absolute atomic E-state index is 0. The number of fused-ring (bicyclic) bond motifs is 1. The molecular weight excluding hydrogens is 321 g/mol. The number of halogens is 2. The number of hydrogen-bond donors (Lipinski definition) is 2. The van der Waals surface area contributed by atoms with Gasteiger partial charge in [0.2, 0.25) is 0 Å². The highest BCUT2D eigenvalue weighted by Crippen LogP contribution is 2.18. The van der Waals surface area contributed by atoms with E-state index in [9.17, 15) is 4.79 Å². The van der Waals surface area contributed by atoms with Crippen molar-refractivity contribution in [3.05, 3.63) is 41.6 Å². The van der Waals surface area contributed by atoms with Gasteiger partial charge in [0.15, 0.2) is 0 Å². The average molecular weight is 342 g/mol. The smallest absolute Gasteiger partial charge is 0.252 e. The summed E-state index contributed by atoms with van der Waals surface area (Å²) in [6.07, 6.45) is 1.14. The molecule has 1 unspecified atom stereocenters. The van der Waals surface area contributed by atoms with Crippen molar-refractivity contribution in [3.8, 4) is 0 Å². The zero-order valence-electron chi connectivity index (χ0n) is 12.5. The first kappa shape index (κ1) is 18.7. The molecule has 1 saturated heterocycles. The molecule has 1 aromatic carbocycles. The Morgan fingerprint density at radius 3 is 2.86 bits per heavy atom. The number of aromatic nitrogens is 1. The number of amides is 1. The summed E-state index contributed by atoms with van der Waals surface area (Å²) in [6, 6.07) is 9.65. The minimum atomic E-state index is -0.00130. The maximum atomic E-state index is 12.4. The van der Waals surface area contributed by atoms with Gasteiger partial charge in [-0.3, -0.25) is 9.78 Å². The van der Waals surface area contributed by atoms with Crippen molar-refractivity contribution < 1.29 is 4.79 Å². The molecule has 2 N–H and O–H groups in total. The zero-order chi connectivity index (χ0) is 13.9. The molecule has 6 heteroatoms. The van der Waals surface area contributed by atoms with Crippen molar-refractivity contribution in [3.63, 3.8) is 0 Å². The average Bonchev–Trinajstić information content (AvgIpc) is 2.97. The van der Waals surface area contributed by atoms with E-state index in [0.717, 1.165) is 48.2 Å². The second-order valence-electron chi connectivity index (χ2n) is 5.40. The molecule has 4 nitrogen and oxygen atoms in total. The third-order valence-electron chi connectivity index (χ3n) is 3.80. The van der Waals surface area contributed by atoms with Crippen LogP contribution in [0, 0.1) is 12.8 Å². The number of pyridine rings is 1. The minimum Gasteiger partial charge on any atom is -0.352 e. The van der Waals surface area contributed by atoms with Crippen LogP contribution in [0.15, 0.2) is 30.3 Å². The highest BCUT2D eigenvalue weighted by atomic mass is 35.5. The van der Waals surface area contributed by atoms with Gasteiger partial charge >= 0.3 is 0 Å². The van der Waals surface area contributed by atoms with Crippen LogP contribution >= 0.6 is 24.8 Å². The molecule has 1 aromatic heterocycles. The van der Waals surface area contributed by atoms with Gasteiger partial charge in [-0.25, -0.2) is 0 Å². The molecule has 22 heavy (non-hydrogen) atoms. The van der Waals surface area contributed by atoms with Crippen molar-refractivity contribution in [2.45, 2.75) is 13.3 Å². The van der Waals surface area contributed by atoms with Crippen LogP contribution in [-0.4, -0.2) is 30.5 Å². The predicted octanol–water partition coefficient (Wildman–Crippen LogP) is 2.73. The molecule has 1 amide bonds. The third kappa shape index (κ3) is 4.09. The lowest BCUT2D eigenvalue weighted by Gasteiger charge is -2.12. The normalized spacial score (nSPS) is 16.7. The first-order valence-electron chi connectivity index (χ1n) is 7.09. The van der Waals surface area contributed by atoms with Crippen LogP contribution in [-0.2, 0) is 0 Å². The third-order valence-corrected chi connectivity index (χ3v) is 3.80. The fourth-order valence-corrected chi connectivity index (χ4v) is 2.72. The predicted molar refractivity (Wildman–Crippen MR) is 94.3 cm³/mol. The molecule has 0 saturated carbocycles. The maximum Gasteiger partial charge on any atom is 0.252 e. The van der Waals surface area contributed by atoms with Crippen molar-refractivity contribution in [1.29, 1.82) is 0 Å². The Morgan fingerprint density at radius 1 is 1.36 bits per heavy atom. The Bertz CT molecular complexity index is 642. The number of aryl methyl sites for hydroxylation is 1. The molecule has 1 atom stereocenters. The second-order valence-corrected chi connectivity index (χ2v) is 5.40. The van der Waals surface area contributed by atoms with Gasteiger partial charge in [-0.2, -0.15) is 0 Å². The quantitative estimate of drug-likeness (QED) is 0.902. The SMILES string of the molecule is Cc1cc(C(=O)NCC2CCNC2)c2ccccc2n1.Cl.Cl. The summed E-state index contributed by atoms with van der Waals surface area (Å²) in [5, 5.41) is 7.28. The number of carbonyl (C=O) groups is 1. The molecule has 0 aliphatic carbocycles. The number of benzene rings is 1. The lowest BCUT2D eigenvalue weighted by molar-refractivity contribution is 0.0949. The van der Waals surface area contributed by atoms with E-state index in [1.807, 2.05) is 37.3 Å². The fourth-order valence-electron chi connectivity index (χ4n) is 2.72. The van der Waals surface area contributed by atoms with Gasteiger partial charge in [0.25, 0.3) is 5.91 Å². The van der Waals surface area contributed by atoms with Crippen LogP contribution in [0.3, 0.4) is 0 Å². The molecule has 1 aliphatic rings. The maximum absolute atomic E-state index is 12.4. The van der Waals surface area contributed by atoms with Gasteiger partial charge in [0.1, 0.15) is 0 Å². The molecular formula is C16H21Cl2N3O. The van der Waals surface area contributed by atoms with Crippen LogP contribution in [0.4, 0.5) is 0 Å². The number of carbonyl (C=O) groups excluding carboxylic acids is 1. The van der Waals surface area contributed by atoms with Crippen LogP contribution in [0.2, 0.25) is 0 Å². The molecule has 0 spiro atoms. The van der Waals surface area contributed by atoms with Crippen LogP contribution < -0.4 is 10.6 Å². The highest BCUT2D eigenvalue weighted by molar-refractivity contribution is 6.06. The number of hydrogen-bond acceptors (Lipinski definition) is 3. The van der Waals surface area contributed by atoms with E-state index in [1.165, 1.54) is 0 Å². The van der Waals surface area contributed by atoms with Crippen molar-refractivity contribution >= 4 is 41.6 Å². The van der Waals surface area contributed by atoms with E-state index in [4.69, 9.17) is 0 Å². The second kappa shape index (κ2) is 8.32. The van der Waals surface area contributed by atoms with Gasteiger partial charge in [0.05, 0.1) is 11.1 Å². The van der Waals surface area contributed by atoms with E-state index < -0.39 is 0 Å². The zero-order valence-corrected chi connectivity index (χ0v) is 14.1. The monoisotopic (exact) mass is 341 g/mol. The lowest BCUT2D eigenvalue weighted by atomic mass is 10.1. The molecule has 1 aliphatic heterocycles. The van der Waals surface area contributed by atoms with Crippen molar-refractivity contribution in [1.82, 2.24) is 15.6 Å². The van der Waals surface area contributed by atoms with Gasteiger partial charge in [-0.1, -0.05) is 18.2 Å². The lowest BCUT2D eigenvalue weighted by Crippen LogP contribution is -2.30. The van der Waals surface area contributed by atoms with Gasteiger partial charge in [-0.05, 0) is 44.5 Å². The molecule has 2 aromatic rings. The first-order valence-corrected chi connectivity index (χ1v) is 7.09. The number of rotatable bonds is 3. The molecule has 3 rings (SSSR count). The molecule has 0 radical (unpaired) electrons. The Labute approximate surface area is 142 Å². The summed E-state index contributed by atoms with van der Waals surface area (Å²) < 4.78 is 0. The van der Waals surface area contributed by atoms with E-state index >= 15 is 0 Å². The Morgan fingerprint density at radius 2 is 2.14 bits per heavy atom. The summed E-state index contributed by atoms with van der Waals surface area (Å²) in [5.74, 6) is 0.548. The number of nitrogens with one attached hydrogen (secondary N) is 2. The Kier molecular flexibility index (Phi) is 7.07. The fraction of sp³-hybridized carbons (Fsp3) is 0.375. The van der Waals surface area contributed by atoms with E-state index in [0.29, 0.717) is 5.92 Å². The highest BCUT2D eigenvalue weighted by Gasteiger charge is 2.17. The number of para-hydroxylation sites is 1. The molecule has 1 fully saturated rings. The Hall–Kier alpha value is -1.36. The van der Waals surface area contributed by atoms with Gasteiger partial charge < -0.3 is 10.6 Å². The topological polar surface area (TPSA) is 54.0 Å².